The Hall–Kier alpha value is -2.12. The maximum absolute atomic E-state index is 12.1. The van der Waals surface area contributed by atoms with Gasteiger partial charge >= 0.3 is 11.9 Å². The number of hydrogen-bond acceptors (Lipinski definition) is 4. The minimum atomic E-state index is -1.01. The zero-order chi connectivity index (χ0) is 26.2. The monoisotopic (exact) mass is 498 g/mol. The Morgan fingerprint density at radius 1 is 0.600 bits per heavy atom. The summed E-state index contributed by atoms with van der Waals surface area (Å²) in [6.45, 7) is 2.32. The number of carboxylic acid groups (broad SMARTS) is 2. The first-order chi connectivity index (χ1) is 16.9. The summed E-state index contributed by atoms with van der Waals surface area (Å²) in [6.07, 6.45) is 18.6. The number of carboxylic acids is 2. The van der Waals surface area contributed by atoms with E-state index in [0.29, 0.717) is 45.1 Å². The highest BCUT2D eigenvalue weighted by atomic mass is 16.4. The summed E-state index contributed by atoms with van der Waals surface area (Å²) < 4.78 is 0. The second kappa shape index (κ2) is 23.6. The number of nitrogens with one attached hydrogen (secondary N) is 2. The molecule has 0 saturated carbocycles. The number of rotatable bonds is 25. The van der Waals surface area contributed by atoms with Gasteiger partial charge in [0.15, 0.2) is 0 Å². The van der Waals surface area contributed by atoms with Gasteiger partial charge in [-0.15, -0.1) is 0 Å². The number of unbranched alkanes of at least 4 members (excludes halogenated alkanes) is 14. The Balaban J connectivity index is 3.53. The zero-order valence-electron chi connectivity index (χ0n) is 22.0. The molecule has 0 aliphatic rings. The molecule has 0 aromatic carbocycles. The van der Waals surface area contributed by atoms with E-state index in [1.165, 1.54) is 51.4 Å². The van der Waals surface area contributed by atoms with Gasteiger partial charge in [-0.2, -0.15) is 0 Å². The van der Waals surface area contributed by atoms with Gasteiger partial charge in [-0.1, -0.05) is 84.0 Å². The van der Waals surface area contributed by atoms with Crippen LogP contribution in [0.15, 0.2) is 0 Å². The van der Waals surface area contributed by atoms with Crippen LogP contribution in [-0.2, 0) is 19.2 Å². The highest BCUT2D eigenvalue weighted by Crippen LogP contribution is 2.14. The van der Waals surface area contributed by atoms with E-state index in [-0.39, 0.29) is 11.8 Å². The maximum Gasteiger partial charge on any atom is 0.326 e. The zero-order valence-corrected chi connectivity index (χ0v) is 22.0. The van der Waals surface area contributed by atoms with Gasteiger partial charge in [-0.05, 0) is 32.1 Å². The number of hydrogen-bond donors (Lipinski definition) is 4. The molecule has 0 saturated heterocycles. The molecule has 1 unspecified atom stereocenters. The molecular formula is C27H50N2O6. The fourth-order valence-electron chi connectivity index (χ4n) is 4.03. The van der Waals surface area contributed by atoms with E-state index in [9.17, 15) is 24.3 Å². The molecule has 0 fully saturated rings. The van der Waals surface area contributed by atoms with Crippen molar-refractivity contribution in [2.75, 3.05) is 6.54 Å². The molecule has 2 amide bonds. The van der Waals surface area contributed by atoms with Gasteiger partial charge in [-0.3, -0.25) is 14.4 Å². The van der Waals surface area contributed by atoms with Crippen LogP contribution in [0.4, 0.5) is 0 Å². The Morgan fingerprint density at radius 2 is 1.06 bits per heavy atom. The third-order valence-electron chi connectivity index (χ3n) is 6.24. The Kier molecular flexibility index (Phi) is 22.2. The summed E-state index contributed by atoms with van der Waals surface area (Å²) in [6, 6.07) is -0.860. The standard InChI is InChI=1S/C27H50N2O6/c1-2-24(30)28-22-18-17-19-23(27(34)35)29-25(31)20-15-13-11-9-7-5-3-4-6-8-10-12-14-16-21-26(32)33/h23H,2-22H2,1H3,(H,28,30)(H,29,31)(H,32,33)(H,34,35). The lowest BCUT2D eigenvalue weighted by Crippen LogP contribution is -2.40. The molecular weight excluding hydrogens is 448 g/mol. The van der Waals surface area contributed by atoms with E-state index in [1.54, 1.807) is 6.92 Å². The molecule has 8 heteroatoms. The first-order valence-corrected chi connectivity index (χ1v) is 13.9. The lowest BCUT2D eigenvalue weighted by molar-refractivity contribution is -0.142. The summed E-state index contributed by atoms with van der Waals surface area (Å²) in [5, 5.41) is 23.3. The summed E-state index contributed by atoms with van der Waals surface area (Å²) in [4.78, 5) is 45.1. The molecule has 0 rings (SSSR count). The lowest BCUT2D eigenvalue weighted by Gasteiger charge is -2.14. The van der Waals surface area contributed by atoms with Gasteiger partial charge in [0.25, 0.3) is 0 Å². The molecule has 4 N–H and O–H groups in total. The van der Waals surface area contributed by atoms with E-state index in [0.717, 1.165) is 38.5 Å². The molecule has 0 heterocycles. The van der Waals surface area contributed by atoms with Crippen LogP contribution < -0.4 is 10.6 Å². The number of carbonyl (C=O) groups excluding carboxylic acids is 2. The average molecular weight is 499 g/mol. The van der Waals surface area contributed by atoms with Gasteiger partial charge in [0.05, 0.1) is 0 Å². The summed E-state index contributed by atoms with van der Waals surface area (Å²) in [5.74, 6) is -1.91. The third-order valence-corrected chi connectivity index (χ3v) is 6.24. The van der Waals surface area contributed by atoms with Crippen molar-refractivity contribution in [2.45, 2.75) is 141 Å². The number of amides is 2. The van der Waals surface area contributed by atoms with E-state index in [4.69, 9.17) is 5.11 Å². The third kappa shape index (κ3) is 23.4. The SMILES string of the molecule is CCC(=O)NCCCCC(NC(=O)CCCCCCCCCCCCCCCCC(=O)O)C(=O)O. The summed E-state index contributed by atoms with van der Waals surface area (Å²) in [5.41, 5.74) is 0. The van der Waals surface area contributed by atoms with Gasteiger partial charge in [0, 0.05) is 25.8 Å². The van der Waals surface area contributed by atoms with Crippen molar-refractivity contribution in [3.8, 4) is 0 Å². The first-order valence-electron chi connectivity index (χ1n) is 13.9. The van der Waals surface area contributed by atoms with Crippen LogP contribution in [0.5, 0.6) is 0 Å². The first kappa shape index (κ1) is 32.9. The van der Waals surface area contributed by atoms with Crippen molar-refractivity contribution in [1.82, 2.24) is 10.6 Å². The maximum atomic E-state index is 12.1. The van der Waals surface area contributed by atoms with Crippen LogP contribution in [0, 0.1) is 0 Å². The smallest absolute Gasteiger partial charge is 0.326 e. The largest absolute Gasteiger partial charge is 0.481 e. The molecule has 204 valence electrons. The van der Waals surface area contributed by atoms with Crippen LogP contribution in [-0.4, -0.2) is 46.6 Å². The molecule has 1 atom stereocenters. The van der Waals surface area contributed by atoms with E-state index < -0.39 is 18.0 Å². The fraction of sp³-hybridized carbons (Fsp3) is 0.852. The Morgan fingerprint density at radius 3 is 1.49 bits per heavy atom. The molecule has 0 aromatic rings. The second-order valence-corrected chi connectivity index (χ2v) is 9.50. The van der Waals surface area contributed by atoms with E-state index in [2.05, 4.69) is 10.6 Å². The molecule has 0 bridgehead atoms. The van der Waals surface area contributed by atoms with Crippen molar-refractivity contribution in [2.24, 2.45) is 0 Å². The van der Waals surface area contributed by atoms with Gasteiger partial charge in [-0.25, -0.2) is 4.79 Å². The molecule has 0 radical (unpaired) electrons. The number of aliphatic carboxylic acids is 2. The topological polar surface area (TPSA) is 133 Å². The normalized spacial score (nSPS) is 11.7. The minimum absolute atomic E-state index is 0.0113. The van der Waals surface area contributed by atoms with Crippen LogP contribution in [0.25, 0.3) is 0 Å². The van der Waals surface area contributed by atoms with Crippen molar-refractivity contribution >= 4 is 23.8 Å². The Bertz CT molecular complexity index is 582. The van der Waals surface area contributed by atoms with E-state index >= 15 is 0 Å². The highest BCUT2D eigenvalue weighted by molar-refractivity contribution is 5.83. The van der Waals surface area contributed by atoms with Crippen LogP contribution in [0.3, 0.4) is 0 Å². The fourth-order valence-corrected chi connectivity index (χ4v) is 4.03. The van der Waals surface area contributed by atoms with Crippen molar-refractivity contribution < 1.29 is 29.4 Å². The van der Waals surface area contributed by atoms with Gasteiger partial charge < -0.3 is 20.8 Å². The van der Waals surface area contributed by atoms with Crippen LogP contribution >= 0.6 is 0 Å². The van der Waals surface area contributed by atoms with Crippen LogP contribution in [0.1, 0.15) is 135 Å². The molecule has 35 heavy (non-hydrogen) atoms. The van der Waals surface area contributed by atoms with Crippen molar-refractivity contribution in [3.63, 3.8) is 0 Å². The predicted octanol–water partition coefficient (Wildman–Crippen LogP) is 5.58. The minimum Gasteiger partial charge on any atom is -0.481 e. The lowest BCUT2D eigenvalue weighted by atomic mass is 10.0. The van der Waals surface area contributed by atoms with Crippen molar-refractivity contribution in [1.29, 1.82) is 0 Å². The quantitative estimate of drug-likeness (QED) is 0.121. The van der Waals surface area contributed by atoms with Gasteiger partial charge in [0.1, 0.15) is 6.04 Å². The van der Waals surface area contributed by atoms with Crippen LogP contribution in [0.2, 0.25) is 0 Å². The van der Waals surface area contributed by atoms with Gasteiger partial charge in [0.2, 0.25) is 11.8 Å². The molecule has 0 aromatic heterocycles. The number of carbonyl (C=O) groups is 4. The second-order valence-electron chi connectivity index (χ2n) is 9.50. The molecule has 0 spiro atoms. The van der Waals surface area contributed by atoms with Crippen molar-refractivity contribution in [3.05, 3.63) is 0 Å². The highest BCUT2D eigenvalue weighted by Gasteiger charge is 2.19. The Labute approximate surface area is 212 Å². The molecule has 0 aliphatic heterocycles. The predicted molar refractivity (Wildman–Crippen MR) is 138 cm³/mol. The molecule has 0 aliphatic carbocycles. The summed E-state index contributed by atoms with van der Waals surface area (Å²) in [7, 11) is 0. The van der Waals surface area contributed by atoms with E-state index in [1.807, 2.05) is 0 Å². The summed E-state index contributed by atoms with van der Waals surface area (Å²) >= 11 is 0. The average Bonchev–Trinajstić information content (AvgIpc) is 2.82. The molecule has 8 nitrogen and oxygen atoms in total.